The van der Waals surface area contributed by atoms with E-state index in [-0.39, 0.29) is 0 Å². The van der Waals surface area contributed by atoms with E-state index >= 15 is 0 Å². The molecule has 1 saturated carbocycles. The molecule has 2 rings (SSSR count). The Labute approximate surface area is 118 Å². The quantitative estimate of drug-likeness (QED) is 0.831. The van der Waals surface area contributed by atoms with E-state index in [4.69, 9.17) is 5.73 Å². The summed E-state index contributed by atoms with van der Waals surface area (Å²) in [5.41, 5.74) is 7.22. The minimum Gasteiger partial charge on any atom is -0.329 e. The highest BCUT2D eigenvalue weighted by Gasteiger charge is 2.17. The van der Waals surface area contributed by atoms with Crippen LogP contribution in [0.5, 0.6) is 0 Å². The van der Waals surface area contributed by atoms with E-state index in [0.717, 1.165) is 4.47 Å². The summed E-state index contributed by atoms with van der Waals surface area (Å²) >= 11 is 3.47. The largest absolute Gasteiger partial charge is 0.329 e. The van der Waals surface area contributed by atoms with Gasteiger partial charge in [-0.2, -0.15) is 0 Å². The molecule has 0 aliphatic heterocycles. The van der Waals surface area contributed by atoms with Crippen LogP contribution in [0.2, 0.25) is 0 Å². The van der Waals surface area contributed by atoms with Gasteiger partial charge in [0.15, 0.2) is 0 Å². The van der Waals surface area contributed by atoms with Gasteiger partial charge in [0.25, 0.3) is 0 Å². The lowest BCUT2D eigenvalue weighted by Crippen LogP contribution is -2.36. The predicted octanol–water partition coefficient (Wildman–Crippen LogP) is 3.76. The van der Waals surface area contributed by atoms with E-state index in [0.29, 0.717) is 18.6 Å². The number of nitrogens with one attached hydrogen (secondary N) is 1. The van der Waals surface area contributed by atoms with Crippen LogP contribution in [0.1, 0.15) is 50.1 Å². The molecule has 2 nitrogen and oxygen atoms in total. The fourth-order valence-electron chi connectivity index (χ4n) is 2.73. The van der Waals surface area contributed by atoms with Crippen molar-refractivity contribution in [3.05, 3.63) is 34.3 Å². The minimum atomic E-state index is 0.293. The van der Waals surface area contributed by atoms with Crippen LogP contribution in [0, 0.1) is 0 Å². The zero-order valence-corrected chi connectivity index (χ0v) is 12.5. The first-order chi connectivity index (χ1) is 8.79. The van der Waals surface area contributed by atoms with E-state index in [1.807, 2.05) is 0 Å². The molecule has 1 aromatic carbocycles. The lowest BCUT2D eigenvalue weighted by atomic mass is 10.0. The first-order valence-corrected chi connectivity index (χ1v) is 7.80. The first kappa shape index (κ1) is 14.0. The number of nitrogens with two attached hydrogens (primary N) is 1. The van der Waals surface area contributed by atoms with E-state index < -0.39 is 0 Å². The van der Waals surface area contributed by atoms with Crippen LogP contribution in [0.4, 0.5) is 0 Å². The Morgan fingerprint density at radius 1 is 1.11 bits per heavy atom. The number of rotatable bonds is 4. The van der Waals surface area contributed by atoms with Gasteiger partial charge in [-0.1, -0.05) is 53.7 Å². The molecule has 0 aromatic heterocycles. The fourth-order valence-corrected chi connectivity index (χ4v) is 2.99. The minimum absolute atomic E-state index is 0.293. The Morgan fingerprint density at radius 3 is 2.28 bits per heavy atom. The standard InChI is InChI=1S/C15H23BrN2/c16-13-9-7-12(8-10-13)15(11-17)18-14-5-3-1-2-4-6-14/h7-10,14-15,18H,1-6,11,17H2. The van der Waals surface area contributed by atoms with Crippen molar-refractivity contribution < 1.29 is 0 Å². The van der Waals surface area contributed by atoms with Crippen molar-refractivity contribution in [2.75, 3.05) is 6.54 Å². The Kier molecular flexibility index (Phi) is 5.67. The van der Waals surface area contributed by atoms with Crippen LogP contribution in [0.15, 0.2) is 28.7 Å². The molecule has 0 amide bonds. The number of hydrogen-bond acceptors (Lipinski definition) is 2. The van der Waals surface area contributed by atoms with Crippen LogP contribution < -0.4 is 11.1 Å². The van der Waals surface area contributed by atoms with Crippen molar-refractivity contribution in [3.8, 4) is 0 Å². The molecule has 18 heavy (non-hydrogen) atoms. The molecule has 0 saturated heterocycles. The average Bonchev–Trinajstić information content (AvgIpc) is 2.66. The molecule has 1 aromatic rings. The van der Waals surface area contributed by atoms with E-state index in [2.05, 4.69) is 45.5 Å². The van der Waals surface area contributed by atoms with Gasteiger partial charge in [0.2, 0.25) is 0 Å². The molecule has 1 atom stereocenters. The van der Waals surface area contributed by atoms with Gasteiger partial charge >= 0.3 is 0 Å². The summed E-state index contributed by atoms with van der Waals surface area (Å²) in [5, 5.41) is 3.74. The SMILES string of the molecule is NCC(NC1CCCCCC1)c1ccc(Br)cc1. The lowest BCUT2D eigenvalue weighted by Gasteiger charge is -2.24. The molecular formula is C15H23BrN2. The van der Waals surface area contributed by atoms with E-state index in [9.17, 15) is 0 Å². The van der Waals surface area contributed by atoms with Crippen molar-refractivity contribution >= 4 is 15.9 Å². The third-order valence-corrected chi connectivity index (χ3v) is 4.33. The summed E-state index contributed by atoms with van der Waals surface area (Å²) in [6.45, 7) is 0.665. The average molecular weight is 311 g/mol. The monoisotopic (exact) mass is 310 g/mol. The summed E-state index contributed by atoms with van der Waals surface area (Å²) in [6.07, 6.45) is 8.10. The summed E-state index contributed by atoms with van der Waals surface area (Å²) in [5.74, 6) is 0. The Morgan fingerprint density at radius 2 is 1.72 bits per heavy atom. The Balaban J connectivity index is 1.97. The second-order valence-corrected chi connectivity index (χ2v) is 6.11. The van der Waals surface area contributed by atoms with Crippen LogP contribution in [-0.4, -0.2) is 12.6 Å². The van der Waals surface area contributed by atoms with Crippen LogP contribution in [-0.2, 0) is 0 Å². The van der Waals surface area contributed by atoms with Gasteiger partial charge in [0.05, 0.1) is 0 Å². The summed E-state index contributed by atoms with van der Waals surface area (Å²) in [4.78, 5) is 0. The van der Waals surface area contributed by atoms with Crippen molar-refractivity contribution in [3.63, 3.8) is 0 Å². The third-order valence-electron chi connectivity index (χ3n) is 3.80. The van der Waals surface area contributed by atoms with Crippen molar-refractivity contribution in [2.24, 2.45) is 5.73 Å². The smallest absolute Gasteiger partial charge is 0.0446 e. The molecule has 100 valence electrons. The van der Waals surface area contributed by atoms with E-state index in [1.54, 1.807) is 0 Å². The number of hydrogen-bond donors (Lipinski definition) is 2. The number of benzene rings is 1. The predicted molar refractivity (Wildman–Crippen MR) is 80.6 cm³/mol. The van der Waals surface area contributed by atoms with Crippen molar-refractivity contribution in [2.45, 2.75) is 50.6 Å². The molecule has 1 fully saturated rings. The van der Waals surface area contributed by atoms with Crippen molar-refractivity contribution in [1.29, 1.82) is 0 Å². The van der Waals surface area contributed by atoms with Gasteiger partial charge in [0, 0.05) is 23.1 Å². The summed E-state index contributed by atoms with van der Waals surface area (Å²) in [7, 11) is 0. The van der Waals surface area contributed by atoms with Gasteiger partial charge in [-0.05, 0) is 30.5 Å². The maximum Gasteiger partial charge on any atom is 0.0446 e. The summed E-state index contributed by atoms with van der Waals surface area (Å²) < 4.78 is 1.12. The Hall–Kier alpha value is -0.380. The van der Waals surface area contributed by atoms with Gasteiger partial charge in [-0.25, -0.2) is 0 Å². The maximum atomic E-state index is 5.92. The fraction of sp³-hybridized carbons (Fsp3) is 0.600. The second-order valence-electron chi connectivity index (χ2n) is 5.19. The zero-order chi connectivity index (χ0) is 12.8. The van der Waals surface area contributed by atoms with Crippen LogP contribution in [0.25, 0.3) is 0 Å². The summed E-state index contributed by atoms with van der Waals surface area (Å²) in [6, 6.07) is 9.43. The maximum absolute atomic E-state index is 5.92. The topological polar surface area (TPSA) is 38.0 Å². The number of halogens is 1. The molecule has 0 heterocycles. The lowest BCUT2D eigenvalue weighted by molar-refractivity contribution is 0.402. The molecule has 1 unspecified atom stereocenters. The molecule has 0 bridgehead atoms. The van der Waals surface area contributed by atoms with Gasteiger partial charge in [-0.3, -0.25) is 0 Å². The Bertz CT molecular complexity index is 342. The van der Waals surface area contributed by atoms with Crippen LogP contribution in [0.3, 0.4) is 0 Å². The van der Waals surface area contributed by atoms with Gasteiger partial charge in [-0.15, -0.1) is 0 Å². The first-order valence-electron chi connectivity index (χ1n) is 7.01. The zero-order valence-electron chi connectivity index (χ0n) is 10.9. The van der Waals surface area contributed by atoms with E-state index in [1.165, 1.54) is 44.1 Å². The highest BCUT2D eigenvalue weighted by molar-refractivity contribution is 9.10. The molecular weight excluding hydrogens is 288 g/mol. The molecule has 0 spiro atoms. The van der Waals surface area contributed by atoms with Gasteiger partial charge in [0.1, 0.15) is 0 Å². The molecule has 1 aliphatic rings. The second kappa shape index (κ2) is 7.27. The molecule has 3 N–H and O–H groups in total. The normalized spacial score (nSPS) is 19.4. The highest BCUT2D eigenvalue weighted by atomic mass is 79.9. The molecule has 3 heteroatoms. The van der Waals surface area contributed by atoms with Gasteiger partial charge < -0.3 is 11.1 Å². The highest BCUT2D eigenvalue weighted by Crippen LogP contribution is 2.22. The van der Waals surface area contributed by atoms with Crippen LogP contribution >= 0.6 is 15.9 Å². The molecule has 1 aliphatic carbocycles. The third kappa shape index (κ3) is 4.08. The van der Waals surface area contributed by atoms with Crippen molar-refractivity contribution in [1.82, 2.24) is 5.32 Å². The molecule has 0 radical (unpaired) electrons.